The molecule has 1 aromatic carbocycles. The molecular formula is C20H31N3O5S. The Morgan fingerprint density at radius 1 is 1.24 bits per heavy atom. The first-order valence-corrected chi connectivity index (χ1v) is 11.3. The SMILES string of the molecule is COCCN1CC2(CCN(CC(=O)N(C)C)CC2)COc2ccccc2S1(=O)=O. The minimum atomic E-state index is -3.68. The number of sulfonamides is 1. The minimum absolute atomic E-state index is 0.0769. The number of nitrogens with zero attached hydrogens (tertiary/aromatic N) is 3. The van der Waals surface area contributed by atoms with Crippen molar-refractivity contribution in [2.75, 3.05) is 67.1 Å². The van der Waals surface area contributed by atoms with Crippen molar-refractivity contribution in [3.8, 4) is 5.75 Å². The fourth-order valence-corrected chi connectivity index (χ4v) is 5.54. The molecular weight excluding hydrogens is 394 g/mol. The van der Waals surface area contributed by atoms with Gasteiger partial charge in [-0.3, -0.25) is 9.69 Å². The minimum Gasteiger partial charge on any atom is -0.492 e. The predicted octanol–water partition coefficient (Wildman–Crippen LogP) is 0.887. The van der Waals surface area contributed by atoms with E-state index in [0.717, 1.165) is 25.9 Å². The lowest BCUT2D eigenvalue weighted by atomic mass is 9.78. The Morgan fingerprint density at radius 2 is 1.93 bits per heavy atom. The summed E-state index contributed by atoms with van der Waals surface area (Å²) < 4.78 is 39.4. The summed E-state index contributed by atoms with van der Waals surface area (Å²) in [4.78, 5) is 16.0. The van der Waals surface area contributed by atoms with E-state index in [0.29, 0.717) is 38.6 Å². The topological polar surface area (TPSA) is 79.4 Å². The van der Waals surface area contributed by atoms with Crippen LogP contribution in [0.5, 0.6) is 5.75 Å². The number of methoxy groups -OCH3 is 1. The Morgan fingerprint density at radius 3 is 2.59 bits per heavy atom. The van der Waals surface area contributed by atoms with Gasteiger partial charge in [-0.2, -0.15) is 4.31 Å². The maximum atomic E-state index is 13.3. The Kier molecular flexibility index (Phi) is 6.83. The Balaban J connectivity index is 1.82. The van der Waals surface area contributed by atoms with Gasteiger partial charge in [0.05, 0.1) is 19.8 Å². The second kappa shape index (κ2) is 8.99. The normalized spacial score (nSPS) is 21.6. The van der Waals surface area contributed by atoms with Crippen LogP contribution in [0.1, 0.15) is 12.8 Å². The maximum absolute atomic E-state index is 13.3. The van der Waals surface area contributed by atoms with E-state index >= 15 is 0 Å². The third-order valence-corrected chi connectivity index (χ3v) is 7.72. The number of fused-ring (bicyclic) bond motifs is 1. The van der Waals surface area contributed by atoms with Crippen molar-refractivity contribution in [2.24, 2.45) is 5.41 Å². The fourth-order valence-electron chi connectivity index (χ4n) is 3.87. The van der Waals surface area contributed by atoms with E-state index in [4.69, 9.17) is 9.47 Å². The number of piperidine rings is 1. The monoisotopic (exact) mass is 425 g/mol. The summed E-state index contributed by atoms with van der Waals surface area (Å²) in [5.41, 5.74) is -0.286. The number of carbonyl (C=O) groups excluding carboxylic acids is 1. The van der Waals surface area contributed by atoms with Crippen LogP contribution in [0.4, 0.5) is 0 Å². The average Bonchev–Trinajstić information content (AvgIpc) is 2.70. The molecule has 1 spiro atoms. The van der Waals surface area contributed by atoms with Crippen LogP contribution in [0.15, 0.2) is 29.2 Å². The largest absolute Gasteiger partial charge is 0.492 e. The molecule has 0 unspecified atom stereocenters. The van der Waals surface area contributed by atoms with Crippen molar-refractivity contribution in [3.05, 3.63) is 24.3 Å². The Labute approximate surface area is 173 Å². The van der Waals surface area contributed by atoms with Crippen LogP contribution in [0.25, 0.3) is 0 Å². The summed E-state index contributed by atoms with van der Waals surface area (Å²) in [6.45, 7) is 3.35. The van der Waals surface area contributed by atoms with Gasteiger partial charge in [0.15, 0.2) is 0 Å². The molecule has 0 saturated carbocycles. The van der Waals surface area contributed by atoms with Gasteiger partial charge in [0.2, 0.25) is 15.9 Å². The number of likely N-dealkylation sites (tertiary alicyclic amines) is 1. The number of likely N-dealkylation sites (N-methyl/N-ethyl adjacent to an activating group) is 1. The first-order chi connectivity index (χ1) is 13.8. The molecule has 2 heterocycles. The summed E-state index contributed by atoms with van der Waals surface area (Å²) in [5.74, 6) is 0.479. The zero-order chi connectivity index (χ0) is 21.1. The number of hydrogen-bond acceptors (Lipinski definition) is 6. The average molecular weight is 426 g/mol. The smallest absolute Gasteiger partial charge is 0.246 e. The molecule has 29 heavy (non-hydrogen) atoms. The van der Waals surface area contributed by atoms with Crippen molar-refractivity contribution >= 4 is 15.9 Å². The summed E-state index contributed by atoms with van der Waals surface area (Å²) >= 11 is 0. The lowest BCUT2D eigenvalue weighted by Gasteiger charge is -2.45. The number of carbonyl (C=O) groups is 1. The summed E-state index contributed by atoms with van der Waals surface area (Å²) in [5, 5.41) is 0. The fraction of sp³-hybridized carbons (Fsp3) is 0.650. The highest BCUT2D eigenvalue weighted by molar-refractivity contribution is 7.89. The highest BCUT2D eigenvalue weighted by Gasteiger charge is 2.42. The van der Waals surface area contributed by atoms with Crippen LogP contribution >= 0.6 is 0 Å². The standard InChI is InChI=1S/C20H31N3O5S/c1-21(2)19(24)14-22-10-8-20(9-11-22)15-23(12-13-27-3)29(25,26)18-7-5-4-6-17(18)28-16-20/h4-7H,8-16H2,1-3H3. The molecule has 0 aromatic heterocycles. The highest BCUT2D eigenvalue weighted by Crippen LogP contribution is 2.39. The molecule has 1 fully saturated rings. The van der Waals surface area contributed by atoms with E-state index in [1.807, 2.05) is 0 Å². The molecule has 162 valence electrons. The molecule has 8 nitrogen and oxygen atoms in total. The van der Waals surface area contributed by atoms with Crippen LogP contribution in [0, 0.1) is 5.41 Å². The van der Waals surface area contributed by atoms with Gasteiger partial charge in [0.1, 0.15) is 10.6 Å². The summed E-state index contributed by atoms with van der Waals surface area (Å²) in [6, 6.07) is 6.81. The van der Waals surface area contributed by atoms with Gasteiger partial charge in [-0.15, -0.1) is 0 Å². The molecule has 2 aliphatic rings. The second-order valence-electron chi connectivity index (χ2n) is 8.13. The van der Waals surface area contributed by atoms with Crippen LogP contribution in [0.2, 0.25) is 0 Å². The van der Waals surface area contributed by atoms with Crippen LogP contribution in [-0.4, -0.2) is 95.6 Å². The van der Waals surface area contributed by atoms with Crippen molar-refractivity contribution in [3.63, 3.8) is 0 Å². The van der Waals surface area contributed by atoms with Gasteiger partial charge in [-0.25, -0.2) is 8.42 Å². The maximum Gasteiger partial charge on any atom is 0.246 e. The lowest BCUT2D eigenvalue weighted by Crippen LogP contribution is -2.53. The third-order valence-electron chi connectivity index (χ3n) is 5.83. The van der Waals surface area contributed by atoms with E-state index in [9.17, 15) is 13.2 Å². The molecule has 1 saturated heterocycles. The second-order valence-corrected chi connectivity index (χ2v) is 10.0. The van der Waals surface area contributed by atoms with E-state index in [2.05, 4.69) is 4.90 Å². The highest BCUT2D eigenvalue weighted by atomic mass is 32.2. The molecule has 0 N–H and O–H groups in total. The van der Waals surface area contributed by atoms with Crippen LogP contribution in [0.3, 0.4) is 0 Å². The molecule has 0 atom stereocenters. The van der Waals surface area contributed by atoms with Gasteiger partial charge in [0, 0.05) is 39.7 Å². The van der Waals surface area contributed by atoms with Crippen LogP contribution in [-0.2, 0) is 19.6 Å². The molecule has 3 rings (SSSR count). The molecule has 9 heteroatoms. The molecule has 0 aliphatic carbocycles. The van der Waals surface area contributed by atoms with E-state index < -0.39 is 10.0 Å². The number of para-hydroxylation sites is 1. The van der Waals surface area contributed by atoms with Crippen molar-refractivity contribution < 1.29 is 22.7 Å². The first-order valence-electron chi connectivity index (χ1n) is 9.91. The van der Waals surface area contributed by atoms with E-state index in [1.54, 1.807) is 54.7 Å². The zero-order valence-electron chi connectivity index (χ0n) is 17.5. The number of benzene rings is 1. The van der Waals surface area contributed by atoms with Gasteiger partial charge in [-0.05, 0) is 38.1 Å². The Bertz CT molecular complexity index is 819. The molecule has 0 bridgehead atoms. The molecule has 1 amide bonds. The van der Waals surface area contributed by atoms with Crippen molar-refractivity contribution in [2.45, 2.75) is 17.7 Å². The summed E-state index contributed by atoms with van der Waals surface area (Å²) in [6.07, 6.45) is 1.55. The quantitative estimate of drug-likeness (QED) is 0.697. The number of amides is 1. The molecule has 2 aliphatic heterocycles. The third kappa shape index (κ3) is 4.91. The predicted molar refractivity (Wildman–Crippen MR) is 109 cm³/mol. The zero-order valence-corrected chi connectivity index (χ0v) is 18.3. The van der Waals surface area contributed by atoms with Gasteiger partial charge in [0.25, 0.3) is 0 Å². The van der Waals surface area contributed by atoms with Crippen molar-refractivity contribution in [1.82, 2.24) is 14.1 Å². The number of hydrogen-bond donors (Lipinski definition) is 0. The van der Waals surface area contributed by atoms with Crippen LogP contribution < -0.4 is 4.74 Å². The van der Waals surface area contributed by atoms with Crippen molar-refractivity contribution in [1.29, 1.82) is 0 Å². The van der Waals surface area contributed by atoms with Gasteiger partial charge < -0.3 is 14.4 Å². The van der Waals surface area contributed by atoms with Gasteiger partial charge in [-0.1, -0.05) is 12.1 Å². The van der Waals surface area contributed by atoms with E-state index in [1.165, 1.54) is 0 Å². The van der Waals surface area contributed by atoms with Gasteiger partial charge >= 0.3 is 0 Å². The number of ether oxygens (including phenoxy) is 2. The molecule has 1 aromatic rings. The first kappa shape index (κ1) is 22.0. The Hall–Kier alpha value is -1.68. The number of rotatable bonds is 5. The lowest BCUT2D eigenvalue weighted by molar-refractivity contribution is -0.130. The molecule has 0 radical (unpaired) electrons. The summed E-state index contributed by atoms with van der Waals surface area (Å²) in [7, 11) is 1.41. The van der Waals surface area contributed by atoms with E-state index in [-0.39, 0.29) is 16.2 Å².